The van der Waals surface area contributed by atoms with Crippen molar-refractivity contribution < 1.29 is 9.53 Å². The summed E-state index contributed by atoms with van der Waals surface area (Å²) in [6, 6.07) is 0.751. The van der Waals surface area contributed by atoms with Crippen LogP contribution in [0.2, 0.25) is 0 Å². The van der Waals surface area contributed by atoms with Gasteiger partial charge in [-0.2, -0.15) is 5.10 Å². The minimum Gasteiger partial charge on any atom is -0.480 e. The number of likely N-dealkylation sites (N-methyl/N-ethyl adjacent to an activating group) is 1. The molecule has 2 rings (SSSR count). The molecule has 0 N–H and O–H groups in total. The van der Waals surface area contributed by atoms with Crippen molar-refractivity contribution in [2.24, 2.45) is 0 Å². The quantitative estimate of drug-likeness (QED) is 0.775. The lowest BCUT2D eigenvalue weighted by Gasteiger charge is -2.19. The molecule has 100 valence electrons. The maximum absolute atomic E-state index is 11.9. The molecular weight excluding hydrogens is 230 g/mol. The van der Waals surface area contributed by atoms with Crippen LogP contribution in [0.5, 0.6) is 5.75 Å². The summed E-state index contributed by atoms with van der Waals surface area (Å²) in [7, 11) is 0. The summed E-state index contributed by atoms with van der Waals surface area (Å²) in [5, 5.41) is 4.17. The van der Waals surface area contributed by atoms with Gasteiger partial charge in [0, 0.05) is 18.6 Å². The van der Waals surface area contributed by atoms with E-state index in [0.29, 0.717) is 17.8 Å². The molecule has 1 saturated carbocycles. The molecule has 1 aromatic heterocycles. The van der Waals surface area contributed by atoms with Gasteiger partial charge in [-0.3, -0.25) is 9.48 Å². The van der Waals surface area contributed by atoms with Crippen LogP contribution < -0.4 is 4.74 Å². The predicted molar refractivity (Wildman–Crippen MR) is 68.5 cm³/mol. The minimum atomic E-state index is 0.0669. The van der Waals surface area contributed by atoms with Crippen LogP contribution in [0.1, 0.15) is 39.7 Å². The van der Waals surface area contributed by atoms with Gasteiger partial charge >= 0.3 is 0 Å². The topological polar surface area (TPSA) is 47.4 Å². The lowest BCUT2D eigenvalue weighted by Crippen LogP contribution is -2.36. The number of hydrogen-bond donors (Lipinski definition) is 0. The second-order valence-corrected chi connectivity index (χ2v) is 4.95. The number of ether oxygens (including phenoxy) is 1. The van der Waals surface area contributed by atoms with Gasteiger partial charge in [0.15, 0.2) is 12.4 Å². The van der Waals surface area contributed by atoms with Gasteiger partial charge in [-0.1, -0.05) is 0 Å². The maximum Gasteiger partial charge on any atom is 0.260 e. The summed E-state index contributed by atoms with van der Waals surface area (Å²) in [6.07, 6.45) is 5.74. The Bertz CT molecular complexity index is 410. The molecule has 1 fully saturated rings. The Balaban J connectivity index is 1.84. The van der Waals surface area contributed by atoms with Gasteiger partial charge in [0.25, 0.3) is 5.91 Å². The summed E-state index contributed by atoms with van der Waals surface area (Å²) in [6.45, 7) is 6.97. The molecule has 5 heteroatoms. The third kappa shape index (κ3) is 3.03. The zero-order valence-electron chi connectivity index (χ0n) is 11.3. The highest BCUT2D eigenvalue weighted by Gasteiger charge is 2.31. The molecule has 0 atom stereocenters. The van der Waals surface area contributed by atoms with Crippen LogP contribution in [0.3, 0.4) is 0 Å². The molecule has 1 aromatic rings. The van der Waals surface area contributed by atoms with Crippen LogP contribution in [-0.4, -0.2) is 39.8 Å². The Kier molecular flexibility index (Phi) is 3.89. The highest BCUT2D eigenvalue weighted by atomic mass is 16.5. The molecule has 18 heavy (non-hydrogen) atoms. The van der Waals surface area contributed by atoms with E-state index < -0.39 is 0 Å². The van der Waals surface area contributed by atoms with E-state index in [4.69, 9.17) is 4.74 Å². The molecule has 0 spiro atoms. The Morgan fingerprint density at radius 3 is 2.83 bits per heavy atom. The first-order chi connectivity index (χ1) is 8.61. The predicted octanol–water partition coefficient (Wildman–Crippen LogP) is 1.85. The maximum atomic E-state index is 11.9. The second-order valence-electron chi connectivity index (χ2n) is 4.95. The fraction of sp³-hybridized carbons (Fsp3) is 0.692. The van der Waals surface area contributed by atoms with Crippen LogP contribution in [0.15, 0.2) is 12.4 Å². The summed E-state index contributed by atoms with van der Waals surface area (Å²) in [5.41, 5.74) is 0. The van der Waals surface area contributed by atoms with E-state index in [0.717, 1.165) is 19.4 Å². The monoisotopic (exact) mass is 251 g/mol. The third-order valence-corrected chi connectivity index (χ3v) is 3.12. The number of aromatic nitrogens is 2. The molecule has 0 saturated heterocycles. The third-order valence-electron chi connectivity index (χ3n) is 3.12. The molecule has 1 aliphatic carbocycles. The Labute approximate surface area is 108 Å². The number of amides is 1. The van der Waals surface area contributed by atoms with Crippen LogP contribution in [0.25, 0.3) is 0 Å². The first kappa shape index (κ1) is 12.9. The fourth-order valence-electron chi connectivity index (χ4n) is 1.93. The average Bonchev–Trinajstić information content (AvgIpc) is 3.05. The van der Waals surface area contributed by atoms with Crippen molar-refractivity contribution in [3.8, 4) is 5.75 Å². The highest BCUT2D eigenvalue weighted by molar-refractivity contribution is 5.78. The van der Waals surface area contributed by atoms with E-state index in [-0.39, 0.29) is 12.5 Å². The molecule has 1 amide bonds. The van der Waals surface area contributed by atoms with Gasteiger partial charge < -0.3 is 9.64 Å². The molecule has 0 aliphatic heterocycles. The summed E-state index contributed by atoms with van der Waals surface area (Å²) in [5.74, 6) is 0.723. The second kappa shape index (κ2) is 5.42. The number of nitrogens with zero attached hydrogens (tertiary/aromatic N) is 3. The van der Waals surface area contributed by atoms with E-state index in [1.54, 1.807) is 6.20 Å². The van der Waals surface area contributed by atoms with Gasteiger partial charge in [-0.05, 0) is 33.6 Å². The highest BCUT2D eigenvalue weighted by Crippen LogP contribution is 2.26. The van der Waals surface area contributed by atoms with Crippen molar-refractivity contribution in [2.45, 2.75) is 45.7 Å². The first-order valence-corrected chi connectivity index (χ1v) is 6.58. The van der Waals surface area contributed by atoms with Crippen molar-refractivity contribution in [2.75, 3.05) is 13.2 Å². The van der Waals surface area contributed by atoms with E-state index in [2.05, 4.69) is 5.10 Å². The molecule has 0 bridgehead atoms. The van der Waals surface area contributed by atoms with Crippen LogP contribution in [0, 0.1) is 0 Å². The van der Waals surface area contributed by atoms with Crippen molar-refractivity contribution in [3.05, 3.63) is 12.4 Å². The van der Waals surface area contributed by atoms with Crippen molar-refractivity contribution in [1.82, 2.24) is 14.7 Å². The molecule has 0 unspecified atom stereocenters. The van der Waals surface area contributed by atoms with Gasteiger partial charge in [0.2, 0.25) is 0 Å². The zero-order valence-corrected chi connectivity index (χ0v) is 11.3. The summed E-state index contributed by atoms with van der Waals surface area (Å²) < 4.78 is 7.30. The van der Waals surface area contributed by atoms with Crippen molar-refractivity contribution in [1.29, 1.82) is 0 Å². The van der Waals surface area contributed by atoms with Gasteiger partial charge in [0.1, 0.15) is 0 Å². The molecule has 0 radical (unpaired) electrons. The lowest BCUT2D eigenvalue weighted by atomic mass is 10.4. The summed E-state index contributed by atoms with van der Waals surface area (Å²) >= 11 is 0. The molecular formula is C13H21N3O2. The fourth-order valence-corrected chi connectivity index (χ4v) is 1.93. The number of carbonyl (C=O) groups excluding carboxylic acids is 1. The van der Waals surface area contributed by atoms with Crippen molar-refractivity contribution >= 4 is 5.91 Å². The van der Waals surface area contributed by atoms with E-state index in [1.807, 2.05) is 36.5 Å². The number of carbonyl (C=O) groups is 1. The van der Waals surface area contributed by atoms with Gasteiger partial charge in [-0.25, -0.2) is 0 Å². The standard InChI is InChI=1S/C13H21N3O2/c1-4-15(11-5-6-11)13(17)9-18-12-7-14-16(8-12)10(2)3/h7-8,10-11H,4-6,9H2,1-3H3. The smallest absolute Gasteiger partial charge is 0.260 e. The van der Waals surface area contributed by atoms with Crippen LogP contribution >= 0.6 is 0 Å². The molecule has 5 nitrogen and oxygen atoms in total. The normalized spacial score (nSPS) is 14.9. The number of hydrogen-bond acceptors (Lipinski definition) is 3. The lowest BCUT2D eigenvalue weighted by molar-refractivity contribution is -0.133. The first-order valence-electron chi connectivity index (χ1n) is 6.58. The Hall–Kier alpha value is -1.52. The minimum absolute atomic E-state index is 0.0669. The SMILES string of the molecule is CCN(C(=O)COc1cnn(C(C)C)c1)C1CC1. The van der Waals surface area contributed by atoms with Crippen LogP contribution in [-0.2, 0) is 4.79 Å². The van der Waals surface area contributed by atoms with Crippen molar-refractivity contribution in [3.63, 3.8) is 0 Å². The Morgan fingerprint density at radius 1 is 1.61 bits per heavy atom. The van der Waals surface area contributed by atoms with Gasteiger partial charge in [-0.15, -0.1) is 0 Å². The molecule has 1 heterocycles. The van der Waals surface area contributed by atoms with E-state index in [1.165, 1.54) is 0 Å². The average molecular weight is 251 g/mol. The molecule has 0 aromatic carbocycles. The molecule has 1 aliphatic rings. The largest absolute Gasteiger partial charge is 0.480 e. The summed E-state index contributed by atoms with van der Waals surface area (Å²) in [4.78, 5) is 13.8. The van der Waals surface area contributed by atoms with Crippen LogP contribution in [0.4, 0.5) is 0 Å². The number of rotatable bonds is 6. The van der Waals surface area contributed by atoms with E-state index >= 15 is 0 Å². The zero-order chi connectivity index (χ0) is 13.1. The van der Waals surface area contributed by atoms with Gasteiger partial charge in [0.05, 0.1) is 12.4 Å². The van der Waals surface area contributed by atoms with E-state index in [9.17, 15) is 4.79 Å². The Morgan fingerprint density at radius 2 is 2.33 bits per heavy atom.